The quantitative estimate of drug-likeness (QED) is 0.0708. The Morgan fingerprint density at radius 1 is 0.348 bits per heavy atom. The third-order valence-electron chi connectivity index (χ3n) is 16.8. The topological polar surface area (TPSA) is 328 Å². The van der Waals surface area contributed by atoms with Crippen LogP contribution in [-0.2, 0) is 26.6 Å². The molecular formula is C64H58F6N4O15. The van der Waals surface area contributed by atoms with E-state index in [9.17, 15) is 87.6 Å². The molecule has 4 aromatic carbocycles. The summed E-state index contributed by atoms with van der Waals surface area (Å²) in [7, 11) is 0. The number of hydrogen-bond donors (Lipinski definition) is 14. The Kier molecular flexibility index (Phi) is 16.6. The van der Waals surface area contributed by atoms with Crippen LogP contribution in [0.15, 0.2) is 115 Å². The summed E-state index contributed by atoms with van der Waals surface area (Å²) in [5, 5.41) is 129. The number of H-pyrrole nitrogens is 2. The molecule has 0 radical (unpaired) electrons. The Labute approximate surface area is 500 Å². The normalized spacial score (nSPS) is 28.1. The second-order valence-electron chi connectivity index (χ2n) is 22.4. The van der Waals surface area contributed by atoms with Crippen molar-refractivity contribution in [3.05, 3.63) is 166 Å². The van der Waals surface area contributed by atoms with E-state index < -0.39 is 140 Å². The van der Waals surface area contributed by atoms with E-state index in [1.165, 1.54) is 24.3 Å². The van der Waals surface area contributed by atoms with Gasteiger partial charge in [0.25, 0.3) is 0 Å². The average molecular weight is 1240 g/mol. The van der Waals surface area contributed by atoms with Crippen molar-refractivity contribution < 1.29 is 102 Å². The summed E-state index contributed by atoms with van der Waals surface area (Å²) in [5.41, 5.74) is -0.0552. The first-order chi connectivity index (χ1) is 42.4. The number of nitrogens with zero attached hydrogens (tertiary/aromatic N) is 2. The predicted molar refractivity (Wildman–Crippen MR) is 309 cm³/mol. The lowest BCUT2D eigenvalue weighted by molar-refractivity contribution is -0.231. The third-order valence-corrected chi connectivity index (χ3v) is 16.8. The van der Waals surface area contributed by atoms with Crippen LogP contribution < -0.4 is 0 Å². The van der Waals surface area contributed by atoms with Crippen molar-refractivity contribution in [3.8, 4) is 44.5 Å². The number of hydrogen-bond acceptors (Lipinski definition) is 17. The third kappa shape index (κ3) is 11.4. The molecule has 466 valence electrons. The second kappa shape index (κ2) is 24.0. The zero-order chi connectivity index (χ0) is 63.1. The molecule has 12 rings (SSSR count). The van der Waals surface area contributed by atoms with Gasteiger partial charge >= 0.3 is 12.4 Å². The van der Waals surface area contributed by atoms with Crippen LogP contribution in [0, 0.1) is 0 Å². The van der Waals surface area contributed by atoms with E-state index in [-0.39, 0.29) is 73.2 Å². The lowest BCUT2D eigenvalue weighted by atomic mass is 9.90. The average Bonchev–Trinajstić information content (AvgIpc) is 1.88. The number of benzene rings is 4. The lowest BCUT2D eigenvalue weighted by Crippen LogP contribution is -2.55. The Bertz CT molecular complexity index is 3960. The van der Waals surface area contributed by atoms with Gasteiger partial charge in [-0.15, -0.1) is 0 Å². The number of rotatable bonds is 10. The van der Waals surface area contributed by atoms with Gasteiger partial charge in [-0.3, -0.25) is 0 Å². The minimum Gasteiger partial charge on any atom is -0.394 e. The summed E-state index contributed by atoms with van der Waals surface area (Å²) >= 11 is 0. The van der Waals surface area contributed by atoms with Crippen molar-refractivity contribution in [2.24, 2.45) is 0 Å². The summed E-state index contributed by atoms with van der Waals surface area (Å²) in [5.74, 6) is 0. The number of aromatic nitrogens is 4. The van der Waals surface area contributed by atoms with Gasteiger partial charge in [0.2, 0.25) is 0 Å². The van der Waals surface area contributed by atoms with Gasteiger partial charge in [0.15, 0.2) is 0 Å². The minimum atomic E-state index is -5.27. The van der Waals surface area contributed by atoms with E-state index in [0.717, 1.165) is 0 Å². The molecule has 3 aromatic heterocycles. The molecule has 0 amide bonds. The summed E-state index contributed by atoms with van der Waals surface area (Å²) in [6, 6.07) is 26.8. The molecule has 0 spiro atoms. The Hall–Kier alpha value is -7.54. The first kappa shape index (κ1) is 61.7. The van der Waals surface area contributed by atoms with Crippen molar-refractivity contribution in [2.45, 2.75) is 104 Å². The number of fused-ring (bicyclic) bond motifs is 8. The van der Waals surface area contributed by atoms with Crippen LogP contribution in [0.25, 0.3) is 90.9 Å². The van der Waals surface area contributed by atoms with Crippen LogP contribution in [0.1, 0.15) is 68.9 Å². The summed E-state index contributed by atoms with van der Waals surface area (Å²) in [6.07, 6.45) is -27.6. The maximum absolute atomic E-state index is 14.8. The molecule has 89 heavy (non-hydrogen) atoms. The Morgan fingerprint density at radius 3 is 0.899 bits per heavy atom. The number of aliphatic hydroxyl groups excluding tert-OH is 12. The zero-order valence-electron chi connectivity index (χ0n) is 46.3. The molecule has 5 aliphatic rings. The van der Waals surface area contributed by atoms with Crippen LogP contribution in [0.4, 0.5) is 26.3 Å². The largest absolute Gasteiger partial charge is 0.416 e. The van der Waals surface area contributed by atoms with Crippen LogP contribution in [0.5, 0.6) is 0 Å². The molecule has 14 N–H and O–H groups in total. The van der Waals surface area contributed by atoms with Crippen molar-refractivity contribution >= 4 is 46.4 Å². The molecule has 7 aromatic rings. The number of alkyl halides is 6. The highest BCUT2D eigenvalue weighted by Gasteiger charge is 2.47. The fourth-order valence-corrected chi connectivity index (χ4v) is 12.3. The van der Waals surface area contributed by atoms with Gasteiger partial charge in [-0.2, -0.15) is 26.3 Å². The Balaban J connectivity index is 1.18. The van der Waals surface area contributed by atoms with Crippen LogP contribution in [-0.4, -0.2) is 174 Å². The molecular weight excluding hydrogens is 1180 g/mol. The maximum atomic E-state index is 14.8. The first-order valence-electron chi connectivity index (χ1n) is 28.1. The smallest absolute Gasteiger partial charge is 0.394 e. The monoisotopic (exact) mass is 1240 g/mol. The highest BCUT2D eigenvalue weighted by atomic mass is 19.4. The standard InChI is InChI=1S/C64H58F6N4O15/c65-63(66,67)34-21-33(22-35(23-34)64(68,69)70)50-42-16-14-40(73-42)48(28-5-2-8-31(19-28)61-58(85)55(82)52(79)45(25-76)88-61)38-12-10-36(71-38)47(27-4-1-7-30(18-27)60-57(84)54(81)51(78)44(24-75)87-60)37-11-13-39(72-37)49(41-15-17-43(50)74-41)29-6-3-9-32(20-29)62-59(86)56(83)53(80)46(26-77)89-62/h1-23,44-46,51-62,71,74-86H,24-26H2/t44-,45-,46-,51-,52-,53-,54+,55+,56+,57-,58-,59-,60+,61+,62+/m1/s1. The van der Waals surface area contributed by atoms with Crippen LogP contribution in [0.2, 0.25) is 0 Å². The number of nitrogens with one attached hydrogen (secondary N) is 2. The maximum Gasteiger partial charge on any atom is 0.416 e. The first-order valence-corrected chi connectivity index (χ1v) is 28.1. The number of aliphatic hydroxyl groups is 12. The molecule has 15 atom stereocenters. The number of aromatic amines is 2. The predicted octanol–water partition coefficient (Wildman–Crippen LogP) is 5.91. The van der Waals surface area contributed by atoms with E-state index in [1.807, 2.05) is 0 Å². The molecule has 0 saturated carbocycles. The molecule has 8 bridgehead atoms. The minimum absolute atomic E-state index is 0.00453. The number of ether oxygens (including phenoxy) is 3. The van der Waals surface area contributed by atoms with E-state index in [2.05, 4.69) is 9.97 Å². The molecule has 0 unspecified atom stereocenters. The fourth-order valence-electron chi connectivity index (χ4n) is 12.3. The van der Waals surface area contributed by atoms with Crippen molar-refractivity contribution in [2.75, 3.05) is 19.8 Å². The summed E-state index contributed by atoms with van der Waals surface area (Å²) < 4.78 is 107. The van der Waals surface area contributed by atoms with Gasteiger partial charge in [-0.1, -0.05) is 54.6 Å². The van der Waals surface area contributed by atoms with Gasteiger partial charge in [-0.25, -0.2) is 9.97 Å². The molecule has 3 saturated heterocycles. The van der Waals surface area contributed by atoms with Crippen molar-refractivity contribution in [3.63, 3.8) is 0 Å². The van der Waals surface area contributed by atoms with Gasteiger partial charge in [0.1, 0.15) is 91.6 Å². The van der Waals surface area contributed by atoms with E-state index in [0.29, 0.717) is 45.5 Å². The highest BCUT2D eigenvalue weighted by molar-refractivity contribution is 6.00. The van der Waals surface area contributed by atoms with Gasteiger partial charge in [0, 0.05) is 44.3 Å². The van der Waals surface area contributed by atoms with Gasteiger partial charge in [-0.05, 0) is 124 Å². The molecule has 25 heteroatoms. The van der Waals surface area contributed by atoms with Gasteiger partial charge in [0.05, 0.1) is 53.7 Å². The summed E-state index contributed by atoms with van der Waals surface area (Å²) in [6.45, 7) is -2.17. The Morgan fingerprint density at radius 2 is 0.629 bits per heavy atom. The van der Waals surface area contributed by atoms with Gasteiger partial charge < -0.3 is 85.5 Å². The van der Waals surface area contributed by atoms with Crippen LogP contribution in [0.3, 0.4) is 0 Å². The fraction of sp³-hybridized carbons (Fsp3) is 0.312. The van der Waals surface area contributed by atoms with Crippen molar-refractivity contribution in [1.82, 2.24) is 19.9 Å². The van der Waals surface area contributed by atoms with E-state index >= 15 is 0 Å². The van der Waals surface area contributed by atoms with E-state index in [4.69, 9.17) is 24.2 Å². The number of halogens is 6. The second-order valence-corrected chi connectivity index (χ2v) is 22.4. The van der Waals surface area contributed by atoms with Crippen LogP contribution >= 0.6 is 0 Å². The SMILES string of the molecule is OC[C@H]1O[C@@H](c2cccc(-c3c4nc(c(-c5cccc([C@@H]6O[C@H](CO)[C@@H](O)[C@H](O)[C@H]6O)c5)c5ccc([nH]5)c(-c5cc(C(F)(F)F)cc(C(F)(F)F)c5)c5nc(c(-c6cccc([C@@H]7O[C@H](CO)[C@@H](O)[C@H](O)[C@H]7O)c6)c6ccc3[nH]6)C=C5)C=C4)c2)[C@H](O)[C@@H](O)[C@@H]1O. The lowest BCUT2D eigenvalue weighted by Gasteiger charge is -2.40. The van der Waals surface area contributed by atoms with Crippen molar-refractivity contribution in [1.29, 1.82) is 0 Å². The molecule has 5 aliphatic heterocycles. The zero-order valence-corrected chi connectivity index (χ0v) is 46.3. The molecule has 8 heterocycles. The molecule has 19 nitrogen and oxygen atoms in total. The molecule has 3 fully saturated rings. The molecule has 0 aliphatic carbocycles. The summed E-state index contributed by atoms with van der Waals surface area (Å²) in [4.78, 5) is 16.9. The highest BCUT2D eigenvalue weighted by Crippen LogP contribution is 2.45. The van der Waals surface area contributed by atoms with E-state index in [1.54, 1.807) is 97.1 Å².